The van der Waals surface area contributed by atoms with Crippen LogP contribution in [0.5, 0.6) is 5.75 Å². The lowest BCUT2D eigenvalue weighted by atomic mass is 10.2. The van der Waals surface area contributed by atoms with Gasteiger partial charge in [0.25, 0.3) is 0 Å². The number of anilines is 1. The van der Waals surface area contributed by atoms with E-state index in [4.69, 9.17) is 26.8 Å². The van der Waals surface area contributed by atoms with Crippen LogP contribution in [-0.2, 0) is 11.3 Å². The second-order valence-electron chi connectivity index (χ2n) is 4.25. The van der Waals surface area contributed by atoms with Crippen molar-refractivity contribution < 1.29 is 14.3 Å². The molecular formula is C15H13BrClNO3. The predicted molar refractivity (Wildman–Crippen MR) is 85.7 cm³/mol. The molecule has 0 spiro atoms. The fraction of sp³-hybridized carbons (Fsp3) is 0.133. The maximum absolute atomic E-state index is 12.0. The van der Waals surface area contributed by atoms with Gasteiger partial charge in [-0.15, -0.1) is 0 Å². The third kappa shape index (κ3) is 3.68. The Morgan fingerprint density at radius 1 is 1.33 bits per heavy atom. The molecule has 0 aromatic heterocycles. The van der Waals surface area contributed by atoms with Crippen molar-refractivity contribution in [2.75, 3.05) is 12.8 Å². The molecule has 0 bridgehead atoms. The second-order valence-corrected chi connectivity index (χ2v) is 5.51. The van der Waals surface area contributed by atoms with Crippen LogP contribution >= 0.6 is 27.5 Å². The van der Waals surface area contributed by atoms with Gasteiger partial charge in [-0.2, -0.15) is 0 Å². The molecule has 0 fully saturated rings. The summed E-state index contributed by atoms with van der Waals surface area (Å²) in [5.74, 6) is 0.158. The Labute approximate surface area is 135 Å². The molecule has 0 amide bonds. The van der Waals surface area contributed by atoms with E-state index >= 15 is 0 Å². The van der Waals surface area contributed by atoms with Crippen LogP contribution < -0.4 is 10.5 Å². The first-order chi connectivity index (χ1) is 10.0. The molecule has 2 N–H and O–H groups in total. The Bertz CT molecular complexity index is 656. The maximum Gasteiger partial charge on any atom is 0.342 e. The van der Waals surface area contributed by atoms with Crippen molar-refractivity contribution in [3.63, 3.8) is 0 Å². The van der Waals surface area contributed by atoms with E-state index in [1.165, 1.54) is 0 Å². The Balaban J connectivity index is 2.09. The van der Waals surface area contributed by atoms with Gasteiger partial charge in [-0.25, -0.2) is 4.79 Å². The van der Waals surface area contributed by atoms with Gasteiger partial charge in [0.2, 0.25) is 0 Å². The summed E-state index contributed by atoms with van der Waals surface area (Å²) in [6.45, 7) is 0.117. The fourth-order valence-electron chi connectivity index (χ4n) is 1.78. The average Bonchev–Trinajstić information content (AvgIpc) is 2.45. The highest BCUT2D eigenvalue weighted by atomic mass is 79.9. The zero-order chi connectivity index (χ0) is 15.4. The van der Waals surface area contributed by atoms with Crippen LogP contribution in [0.1, 0.15) is 15.9 Å². The zero-order valence-electron chi connectivity index (χ0n) is 11.2. The van der Waals surface area contributed by atoms with Crippen molar-refractivity contribution in [3.05, 3.63) is 57.0 Å². The van der Waals surface area contributed by atoms with Crippen molar-refractivity contribution in [1.82, 2.24) is 0 Å². The largest absolute Gasteiger partial charge is 0.496 e. The molecule has 0 aliphatic carbocycles. The summed E-state index contributed by atoms with van der Waals surface area (Å²) >= 11 is 9.34. The summed E-state index contributed by atoms with van der Waals surface area (Å²) in [5.41, 5.74) is 7.05. The Kier molecular flexibility index (Phi) is 5.09. The normalized spacial score (nSPS) is 10.2. The van der Waals surface area contributed by atoms with Crippen LogP contribution in [0.3, 0.4) is 0 Å². The van der Waals surface area contributed by atoms with E-state index in [0.717, 1.165) is 10.0 Å². The highest BCUT2D eigenvalue weighted by Gasteiger charge is 2.15. The standard InChI is InChI=1S/C15H13BrClNO3/c1-20-13-6-5-9(7-10(13)16)8-21-15(19)14-11(17)3-2-4-12(14)18/h2-7H,8,18H2,1H3. The molecule has 0 aliphatic heterocycles. The van der Waals surface area contributed by atoms with Crippen molar-refractivity contribution in [1.29, 1.82) is 0 Å². The van der Waals surface area contributed by atoms with Crippen LogP contribution in [0, 0.1) is 0 Å². The predicted octanol–water partition coefficient (Wildman–Crippen LogP) is 4.05. The van der Waals surface area contributed by atoms with E-state index in [-0.39, 0.29) is 17.2 Å². The fourth-order valence-corrected chi connectivity index (χ4v) is 2.62. The number of esters is 1. The van der Waals surface area contributed by atoms with E-state index in [2.05, 4.69) is 15.9 Å². The number of hydrogen-bond acceptors (Lipinski definition) is 4. The van der Waals surface area contributed by atoms with Gasteiger partial charge in [-0.1, -0.05) is 23.7 Å². The van der Waals surface area contributed by atoms with E-state index in [9.17, 15) is 4.79 Å². The Morgan fingerprint density at radius 3 is 2.71 bits per heavy atom. The third-order valence-electron chi connectivity index (χ3n) is 2.84. The van der Waals surface area contributed by atoms with Crippen molar-refractivity contribution >= 4 is 39.2 Å². The first-order valence-electron chi connectivity index (χ1n) is 6.06. The molecule has 0 saturated carbocycles. The smallest absolute Gasteiger partial charge is 0.342 e. The van der Waals surface area contributed by atoms with Crippen LogP contribution in [0.4, 0.5) is 5.69 Å². The highest BCUT2D eigenvalue weighted by molar-refractivity contribution is 9.10. The molecule has 0 radical (unpaired) electrons. The lowest BCUT2D eigenvalue weighted by Gasteiger charge is -2.10. The summed E-state index contributed by atoms with van der Waals surface area (Å²) in [6, 6.07) is 10.3. The molecule has 0 aliphatic rings. The molecule has 2 rings (SSSR count). The van der Waals surface area contributed by atoms with Gasteiger partial charge < -0.3 is 15.2 Å². The molecule has 0 heterocycles. The molecule has 4 nitrogen and oxygen atoms in total. The van der Waals surface area contributed by atoms with Gasteiger partial charge in [-0.3, -0.25) is 0 Å². The van der Waals surface area contributed by atoms with E-state index in [1.807, 2.05) is 12.1 Å². The van der Waals surface area contributed by atoms with E-state index in [0.29, 0.717) is 11.4 Å². The molecule has 21 heavy (non-hydrogen) atoms. The number of hydrogen-bond donors (Lipinski definition) is 1. The minimum atomic E-state index is -0.551. The quantitative estimate of drug-likeness (QED) is 0.651. The van der Waals surface area contributed by atoms with Gasteiger partial charge in [0.1, 0.15) is 17.9 Å². The van der Waals surface area contributed by atoms with Gasteiger partial charge >= 0.3 is 5.97 Å². The summed E-state index contributed by atoms with van der Waals surface area (Å²) in [5, 5.41) is 0.274. The Morgan fingerprint density at radius 2 is 2.10 bits per heavy atom. The number of nitrogen functional groups attached to an aromatic ring is 1. The first kappa shape index (κ1) is 15.7. The van der Waals surface area contributed by atoms with Crippen LogP contribution in [0.25, 0.3) is 0 Å². The molecule has 0 atom stereocenters. The summed E-state index contributed by atoms with van der Waals surface area (Å²) in [4.78, 5) is 12.0. The molecule has 110 valence electrons. The molecule has 0 unspecified atom stereocenters. The number of carbonyl (C=O) groups is 1. The zero-order valence-corrected chi connectivity index (χ0v) is 13.6. The lowest BCUT2D eigenvalue weighted by Crippen LogP contribution is -2.09. The number of halogens is 2. The van der Waals surface area contributed by atoms with Crippen molar-refractivity contribution in [2.24, 2.45) is 0 Å². The summed E-state index contributed by atoms with van der Waals surface area (Å²) in [6.07, 6.45) is 0. The topological polar surface area (TPSA) is 61.5 Å². The molecule has 2 aromatic rings. The molecular weight excluding hydrogens is 358 g/mol. The Hall–Kier alpha value is -1.72. The number of benzene rings is 2. The van der Waals surface area contributed by atoms with Crippen LogP contribution in [0.15, 0.2) is 40.9 Å². The monoisotopic (exact) mass is 369 g/mol. The van der Waals surface area contributed by atoms with Gasteiger partial charge in [0.15, 0.2) is 0 Å². The van der Waals surface area contributed by atoms with Crippen LogP contribution in [-0.4, -0.2) is 13.1 Å². The first-order valence-corrected chi connectivity index (χ1v) is 7.23. The lowest BCUT2D eigenvalue weighted by molar-refractivity contribution is 0.0474. The summed E-state index contributed by atoms with van der Waals surface area (Å²) < 4.78 is 11.2. The van der Waals surface area contributed by atoms with Gasteiger partial charge in [0, 0.05) is 5.69 Å². The average molecular weight is 371 g/mol. The molecule has 2 aromatic carbocycles. The third-order valence-corrected chi connectivity index (χ3v) is 3.77. The SMILES string of the molecule is COc1ccc(COC(=O)c2c(N)cccc2Cl)cc1Br. The van der Waals surface area contributed by atoms with Gasteiger partial charge in [0.05, 0.1) is 16.6 Å². The van der Waals surface area contributed by atoms with Crippen molar-refractivity contribution in [3.8, 4) is 5.75 Å². The highest BCUT2D eigenvalue weighted by Crippen LogP contribution is 2.27. The second kappa shape index (κ2) is 6.83. The maximum atomic E-state index is 12.0. The number of nitrogens with two attached hydrogens (primary N) is 1. The number of carbonyl (C=O) groups excluding carboxylic acids is 1. The number of methoxy groups -OCH3 is 1. The molecule has 6 heteroatoms. The van der Waals surface area contributed by atoms with Crippen molar-refractivity contribution in [2.45, 2.75) is 6.61 Å². The number of ether oxygens (including phenoxy) is 2. The minimum absolute atomic E-state index is 0.117. The van der Waals surface area contributed by atoms with Crippen LogP contribution in [0.2, 0.25) is 5.02 Å². The molecule has 0 saturated heterocycles. The minimum Gasteiger partial charge on any atom is -0.496 e. The van der Waals surface area contributed by atoms with E-state index < -0.39 is 5.97 Å². The van der Waals surface area contributed by atoms with Gasteiger partial charge in [-0.05, 0) is 45.8 Å². The summed E-state index contributed by atoms with van der Waals surface area (Å²) in [7, 11) is 1.58. The number of rotatable bonds is 4. The van der Waals surface area contributed by atoms with E-state index in [1.54, 1.807) is 31.4 Å².